The fraction of sp³-hybridized carbons (Fsp3) is 0.928. The van der Waals surface area contributed by atoms with Gasteiger partial charge in [0.1, 0.15) is 13.2 Å². The lowest BCUT2D eigenvalue weighted by Gasteiger charge is -2.26. The van der Waals surface area contributed by atoms with Crippen LogP contribution < -0.4 is 5.32 Å². The highest BCUT2D eigenvalue weighted by molar-refractivity contribution is 7.47. The predicted molar refractivity (Wildman–Crippen MR) is 342 cm³/mol. The summed E-state index contributed by atoms with van der Waals surface area (Å²) in [5.74, 6) is -0.138. The second-order valence-electron chi connectivity index (χ2n) is 25.3. The summed E-state index contributed by atoms with van der Waals surface area (Å²) < 4.78 is 23.8. The van der Waals surface area contributed by atoms with Gasteiger partial charge >= 0.3 is 7.82 Å². The zero-order valence-corrected chi connectivity index (χ0v) is 54.1. The van der Waals surface area contributed by atoms with Gasteiger partial charge in [0, 0.05) is 6.42 Å². The highest BCUT2D eigenvalue weighted by atomic mass is 31.2. The molecule has 3 N–H and O–H groups in total. The zero-order chi connectivity index (χ0) is 57.0. The molecular weight excluding hydrogens is 984 g/mol. The van der Waals surface area contributed by atoms with Crippen LogP contribution in [0.3, 0.4) is 0 Å². The molecule has 0 bridgehead atoms. The number of nitrogens with zero attached hydrogens (tertiary/aromatic N) is 1. The Morgan fingerprint density at radius 2 is 0.731 bits per heavy atom. The maximum Gasteiger partial charge on any atom is 0.472 e. The normalized spacial score (nSPS) is 13.8. The third kappa shape index (κ3) is 62.6. The molecule has 78 heavy (non-hydrogen) atoms. The van der Waals surface area contributed by atoms with Crippen LogP contribution in [0.15, 0.2) is 24.3 Å². The van der Waals surface area contributed by atoms with E-state index in [1.807, 2.05) is 21.1 Å². The third-order valence-corrected chi connectivity index (χ3v) is 17.2. The average molecular weight is 1120 g/mol. The molecule has 0 aromatic heterocycles. The first-order valence-corrected chi connectivity index (χ1v) is 36.2. The molecule has 0 heterocycles. The van der Waals surface area contributed by atoms with E-state index in [9.17, 15) is 19.4 Å². The summed E-state index contributed by atoms with van der Waals surface area (Å²) in [5, 5.41) is 14.1. The number of carbonyl (C=O) groups excluding carboxylic acids is 1. The van der Waals surface area contributed by atoms with Crippen LogP contribution in [0, 0.1) is 0 Å². The van der Waals surface area contributed by atoms with E-state index in [1.165, 1.54) is 289 Å². The number of aliphatic hydroxyl groups excluding tert-OH is 1. The fourth-order valence-corrected chi connectivity index (χ4v) is 11.5. The van der Waals surface area contributed by atoms with E-state index >= 15 is 0 Å². The largest absolute Gasteiger partial charge is 0.472 e. The molecule has 464 valence electrons. The minimum atomic E-state index is -4.32. The molecule has 0 aliphatic rings. The Balaban J connectivity index is 3.90. The molecule has 1 amide bonds. The van der Waals surface area contributed by atoms with Gasteiger partial charge in [-0.25, -0.2) is 4.57 Å². The minimum Gasteiger partial charge on any atom is -0.391 e. The first-order chi connectivity index (χ1) is 38.0. The maximum atomic E-state index is 13.0. The number of aliphatic hydroxyl groups is 1. The smallest absolute Gasteiger partial charge is 0.391 e. The third-order valence-electron chi connectivity index (χ3n) is 16.2. The van der Waals surface area contributed by atoms with Gasteiger partial charge in [-0.1, -0.05) is 334 Å². The van der Waals surface area contributed by atoms with Crippen molar-refractivity contribution in [3.63, 3.8) is 0 Å². The lowest BCUT2D eigenvalue weighted by Crippen LogP contribution is -2.46. The molecule has 3 atom stereocenters. The number of allylic oxidation sites excluding steroid dienone is 4. The zero-order valence-electron chi connectivity index (χ0n) is 53.2. The molecule has 0 rings (SSSR count). The van der Waals surface area contributed by atoms with Crippen molar-refractivity contribution in [3.05, 3.63) is 24.3 Å². The molecule has 0 aliphatic carbocycles. The summed E-state index contributed by atoms with van der Waals surface area (Å²) in [6.45, 7) is 4.94. The van der Waals surface area contributed by atoms with Gasteiger partial charge in [-0.15, -0.1) is 0 Å². The van der Waals surface area contributed by atoms with Gasteiger partial charge in [-0.05, 0) is 44.9 Å². The number of quaternary nitrogens is 1. The molecule has 8 nitrogen and oxygen atoms in total. The van der Waals surface area contributed by atoms with Crippen molar-refractivity contribution in [3.8, 4) is 0 Å². The molecule has 0 radical (unpaired) electrons. The number of hydrogen-bond acceptors (Lipinski definition) is 5. The van der Waals surface area contributed by atoms with Gasteiger partial charge in [-0.3, -0.25) is 13.8 Å². The molecule has 0 saturated heterocycles. The van der Waals surface area contributed by atoms with Crippen LogP contribution >= 0.6 is 7.82 Å². The summed E-state index contributed by atoms with van der Waals surface area (Å²) in [6, 6.07) is -0.759. The number of rotatable bonds is 65. The Hall–Kier alpha value is -1.02. The molecule has 0 aromatic rings. The van der Waals surface area contributed by atoms with Crippen molar-refractivity contribution in [2.24, 2.45) is 0 Å². The van der Waals surface area contributed by atoms with E-state index in [4.69, 9.17) is 9.05 Å². The number of phosphoric ester groups is 1. The molecular formula is C69H138N2O6P+. The highest BCUT2D eigenvalue weighted by Crippen LogP contribution is 2.43. The Kier molecular flexibility index (Phi) is 59.8. The van der Waals surface area contributed by atoms with Crippen LogP contribution in [0.5, 0.6) is 0 Å². The second kappa shape index (κ2) is 60.6. The van der Waals surface area contributed by atoms with E-state index in [1.54, 1.807) is 0 Å². The van der Waals surface area contributed by atoms with Crippen molar-refractivity contribution in [1.29, 1.82) is 0 Å². The first-order valence-electron chi connectivity index (χ1n) is 34.7. The van der Waals surface area contributed by atoms with Crippen LogP contribution in [0.25, 0.3) is 0 Å². The molecule has 0 saturated carbocycles. The monoisotopic (exact) mass is 1120 g/mol. The summed E-state index contributed by atoms with van der Waals surface area (Å²) >= 11 is 0. The van der Waals surface area contributed by atoms with Crippen LogP contribution in [0.4, 0.5) is 0 Å². The summed E-state index contributed by atoms with van der Waals surface area (Å²) in [7, 11) is 1.63. The van der Waals surface area contributed by atoms with Crippen LogP contribution in [-0.4, -0.2) is 73.4 Å². The van der Waals surface area contributed by atoms with E-state index in [0.717, 1.165) is 44.9 Å². The van der Waals surface area contributed by atoms with E-state index in [-0.39, 0.29) is 19.1 Å². The summed E-state index contributed by atoms with van der Waals surface area (Å²) in [5.41, 5.74) is 0. The lowest BCUT2D eigenvalue weighted by molar-refractivity contribution is -0.870. The minimum absolute atomic E-state index is 0.0770. The van der Waals surface area contributed by atoms with Crippen molar-refractivity contribution < 1.29 is 32.9 Å². The maximum absolute atomic E-state index is 13.0. The average Bonchev–Trinajstić information content (AvgIpc) is 3.40. The number of nitrogens with one attached hydrogen (secondary N) is 1. The predicted octanol–water partition coefficient (Wildman–Crippen LogP) is 21.9. The van der Waals surface area contributed by atoms with Crippen molar-refractivity contribution >= 4 is 13.7 Å². The van der Waals surface area contributed by atoms with Gasteiger partial charge in [0.15, 0.2) is 0 Å². The Labute approximate surface area is 487 Å². The van der Waals surface area contributed by atoms with Crippen LogP contribution in [0.1, 0.15) is 361 Å². The Morgan fingerprint density at radius 3 is 1.05 bits per heavy atom. The first kappa shape index (κ1) is 77.0. The molecule has 9 heteroatoms. The molecule has 0 aromatic carbocycles. The molecule has 0 fully saturated rings. The SMILES string of the molecule is CCCCCCCCCCCCCCCCC/C=C\C/C=C\CCCCCCCCCCCCCCCCCCCC(=O)NC(COP(=O)(O)OCC[N+](C)(C)C)C(O)CCCCCCCCCCCCCCCCCCC. The standard InChI is InChI=1S/C69H137N2O6P/c1-6-8-10-12-14-16-18-20-22-24-25-26-27-28-29-30-31-32-33-34-35-36-37-38-39-40-41-42-43-44-45-47-49-51-53-55-57-59-61-63-69(73)70-67(66-77-78(74,75)76-65-64-71(3,4)5)68(72)62-60-58-56-54-52-50-48-46-23-21-19-17-15-13-11-9-7-2/h31-32,34-35,67-68,72H,6-30,33,36-66H2,1-5H3,(H-,70,73,74,75)/p+1/b32-31-,35-34-. The van der Waals surface area contributed by atoms with Crippen molar-refractivity contribution in [2.75, 3.05) is 40.9 Å². The molecule has 0 spiro atoms. The van der Waals surface area contributed by atoms with Gasteiger partial charge in [0.2, 0.25) is 5.91 Å². The molecule has 3 unspecified atom stereocenters. The van der Waals surface area contributed by atoms with Crippen molar-refractivity contribution in [2.45, 2.75) is 373 Å². The van der Waals surface area contributed by atoms with Gasteiger partial charge < -0.3 is 19.8 Å². The van der Waals surface area contributed by atoms with Gasteiger partial charge in [-0.2, -0.15) is 0 Å². The summed E-state index contributed by atoms with van der Waals surface area (Å²) in [6.07, 6.45) is 78.6. The number of likely N-dealkylation sites (N-methyl/N-ethyl adjacent to an activating group) is 1. The lowest BCUT2D eigenvalue weighted by atomic mass is 10.0. The fourth-order valence-electron chi connectivity index (χ4n) is 10.8. The highest BCUT2D eigenvalue weighted by Gasteiger charge is 2.28. The van der Waals surface area contributed by atoms with Crippen molar-refractivity contribution in [1.82, 2.24) is 5.32 Å². The van der Waals surface area contributed by atoms with E-state index < -0.39 is 20.0 Å². The number of hydrogen-bond donors (Lipinski definition) is 3. The number of phosphoric acid groups is 1. The number of carbonyl (C=O) groups is 1. The number of amides is 1. The van der Waals surface area contributed by atoms with Crippen LogP contribution in [-0.2, 0) is 18.4 Å². The van der Waals surface area contributed by atoms with Crippen LogP contribution in [0.2, 0.25) is 0 Å². The molecule has 0 aliphatic heterocycles. The van der Waals surface area contributed by atoms with E-state index in [0.29, 0.717) is 23.9 Å². The van der Waals surface area contributed by atoms with Gasteiger partial charge in [0.25, 0.3) is 0 Å². The second-order valence-corrected chi connectivity index (χ2v) is 26.7. The Morgan fingerprint density at radius 1 is 0.436 bits per heavy atom. The van der Waals surface area contributed by atoms with Gasteiger partial charge in [0.05, 0.1) is 39.9 Å². The summed E-state index contributed by atoms with van der Waals surface area (Å²) in [4.78, 5) is 23.4. The number of unbranched alkanes of at least 4 members (excludes halogenated alkanes) is 48. The topological polar surface area (TPSA) is 105 Å². The Bertz CT molecular complexity index is 1320. The quantitative estimate of drug-likeness (QED) is 0.0243. The van der Waals surface area contributed by atoms with E-state index in [2.05, 4.69) is 43.5 Å².